The van der Waals surface area contributed by atoms with Gasteiger partial charge in [-0.05, 0) is 29.8 Å². The maximum atomic E-state index is 12.9. The van der Waals surface area contributed by atoms with E-state index in [9.17, 15) is 9.59 Å². The number of benzene rings is 2. The average molecular weight is 380 g/mol. The number of amides is 1. The summed E-state index contributed by atoms with van der Waals surface area (Å²) in [7, 11) is 1.67. The van der Waals surface area contributed by atoms with E-state index >= 15 is 0 Å². The Bertz CT molecular complexity index is 1100. The van der Waals surface area contributed by atoms with Gasteiger partial charge in [-0.2, -0.15) is 5.26 Å². The standard InChI is InChI=1S/C20H20N4O2S/c1-3-24-19(26)16-11-14-7-4-5-8-15(14)12-17(16)22-20(24)27-13-18(25)23(2)10-6-9-21/h4-5,7-8,11-12H,3,6,10,13H2,1-2H3. The molecule has 7 heteroatoms. The van der Waals surface area contributed by atoms with Crippen molar-refractivity contribution in [2.75, 3.05) is 19.3 Å². The lowest BCUT2D eigenvalue weighted by atomic mass is 10.1. The highest BCUT2D eigenvalue weighted by Gasteiger charge is 2.15. The summed E-state index contributed by atoms with van der Waals surface area (Å²) in [4.78, 5) is 31.3. The number of carbonyl (C=O) groups excluding carboxylic acids is 1. The maximum Gasteiger partial charge on any atom is 0.262 e. The van der Waals surface area contributed by atoms with Gasteiger partial charge in [-0.1, -0.05) is 36.0 Å². The first-order chi connectivity index (χ1) is 13.0. The molecule has 0 unspecified atom stereocenters. The van der Waals surface area contributed by atoms with Gasteiger partial charge in [-0.3, -0.25) is 14.2 Å². The first kappa shape index (κ1) is 18.9. The minimum absolute atomic E-state index is 0.0919. The van der Waals surface area contributed by atoms with Crippen LogP contribution in [-0.4, -0.2) is 39.7 Å². The topological polar surface area (TPSA) is 79.0 Å². The van der Waals surface area contributed by atoms with Gasteiger partial charge in [0.2, 0.25) is 5.91 Å². The second-order valence-electron chi connectivity index (χ2n) is 6.17. The highest BCUT2D eigenvalue weighted by Crippen LogP contribution is 2.23. The van der Waals surface area contributed by atoms with Crippen LogP contribution in [0.2, 0.25) is 0 Å². The molecule has 1 aromatic heterocycles. The molecule has 0 saturated carbocycles. The van der Waals surface area contributed by atoms with Gasteiger partial charge in [0.15, 0.2) is 5.16 Å². The van der Waals surface area contributed by atoms with Crippen LogP contribution in [0.5, 0.6) is 0 Å². The molecule has 0 bridgehead atoms. The third-order valence-corrected chi connectivity index (χ3v) is 5.37. The molecule has 0 aliphatic heterocycles. The minimum atomic E-state index is -0.0963. The highest BCUT2D eigenvalue weighted by molar-refractivity contribution is 7.99. The molecule has 1 amide bonds. The van der Waals surface area contributed by atoms with Crippen LogP contribution in [0.4, 0.5) is 0 Å². The molecule has 3 rings (SSSR count). The third-order valence-electron chi connectivity index (χ3n) is 4.41. The smallest absolute Gasteiger partial charge is 0.262 e. The third kappa shape index (κ3) is 3.96. The lowest BCUT2D eigenvalue weighted by molar-refractivity contribution is -0.127. The van der Waals surface area contributed by atoms with Crippen molar-refractivity contribution in [3.8, 4) is 6.07 Å². The Kier molecular flexibility index (Phi) is 5.77. The molecule has 138 valence electrons. The molecule has 0 radical (unpaired) electrons. The van der Waals surface area contributed by atoms with Crippen molar-refractivity contribution in [3.63, 3.8) is 0 Å². The van der Waals surface area contributed by atoms with Crippen LogP contribution in [0.1, 0.15) is 13.3 Å². The summed E-state index contributed by atoms with van der Waals surface area (Å²) in [5.41, 5.74) is 0.539. The van der Waals surface area contributed by atoms with Crippen molar-refractivity contribution in [1.29, 1.82) is 5.26 Å². The second kappa shape index (κ2) is 8.23. The first-order valence-corrected chi connectivity index (χ1v) is 9.70. The molecule has 0 N–H and O–H groups in total. The molecule has 0 spiro atoms. The van der Waals surface area contributed by atoms with E-state index in [2.05, 4.69) is 4.98 Å². The molecule has 2 aromatic carbocycles. The quantitative estimate of drug-likeness (QED) is 0.373. The molecule has 0 fully saturated rings. The molecule has 3 aromatic rings. The Morgan fingerprint density at radius 1 is 1.30 bits per heavy atom. The Morgan fingerprint density at radius 3 is 2.67 bits per heavy atom. The maximum absolute atomic E-state index is 12.9. The van der Waals surface area contributed by atoms with Gasteiger partial charge in [0.05, 0.1) is 29.1 Å². The number of nitriles is 1. The average Bonchev–Trinajstić information content (AvgIpc) is 2.69. The lowest BCUT2D eigenvalue weighted by Gasteiger charge is -2.16. The normalized spacial score (nSPS) is 10.9. The summed E-state index contributed by atoms with van der Waals surface area (Å²) in [6.45, 7) is 2.77. The van der Waals surface area contributed by atoms with Crippen molar-refractivity contribution >= 4 is 39.3 Å². The van der Waals surface area contributed by atoms with Crippen LogP contribution in [0.25, 0.3) is 21.7 Å². The monoisotopic (exact) mass is 380 g/mol. The minimum Gasteiger partial charge on any atom is -0.344 e. The lowest BCUT2D eigenvalue weighted by Crippen LogP contribution is -2.29. The van der Waals surface area contributed by atoms with Crippen LogP contribution >= 0.6 is 11.8 Å². The molecule has 1 heterocycles. The van der Waals surface area contributed by atoms with E-state index in [-0.39, 0.29) is 17.2 Å². The number of aromatic nitrogens is 2. The SMILES string of the molecule is CCn1c(SCC(=O)N(C)CCC#N)nc2cc3ccccc3cc2c1=O. The predicted octanol–water partition coefficient (Wildman–Crippen LogP) is 3.03. The van der Waals surface area contributed by atoms with E-state index in [0.717, 1.165) is 10.8 Å². The molecular weight excluding hydrogens is 360 g/mol. The van der Waals surface area contributed by atoms with E-state index in [1.54, 1.807) is 11.6 Å². The van der Waals surface area contributed by atoms with E-state index in [0.29, 0.717) is 35.6 Å². The zero-order chi connectivity index (χ0) is 19.4. The number of thioether (sulfide) groups is 1. The van der Waals surface area contributed by atoms with E-state index in [1.807, 2.05) is 49.4 Å². The van der Waals surface area contributed by atoms with Gasteiger partial charge in [0, 0.05) is 20.1 Å². The predicted molar refractivity (Wildman–Crippen MR) is 108 cm³/mol. The summed E-state index contributed by atoms with van der Waals surface area (Å²) >= 11 is 1.25. The summed E-state index contributed by atoms with van der Waals surface area (Å²) in [5.74, 6) is 0.0822. The molecular formula is C20H20N4O2S. The van der Waals surface area contributed by atoms with E-state index < -0.39 is 0 Å². The van der Waals surface area contributed by atoms with Crippen molar-refractivity contribution in [2.45, 2.75) is 25.0 Å². The fourth-order valence-corrected chi connectivity index (χ4v) is 3.86. The Balaban J connectivity index is 1.95. The van der Waals surface area contributed by atoms with Crippen molar-refractivity contribution in [3.05, 3.63) is 46.8 Å². The molecule has 0 aliphatic rings. The first-order valence-electron chi connectivity index (χ1n) is 8.72. The van der Waals surface area contributed by atoms with E-state index in [1.165, 1.54) is 16.7 Å². The number of nitrogens with zero attached hydrogens (tertiary/aromatic N) is 4. The Hall–Kier alpha value is -2.85. The second-order valence-corrected chi connectivity index (χ2v) is 7.11. The number of hydrogen-bond acceptors (Lipinski definition) is 5. The van der Waals surface area contributed by atoms with Crippen LogP contribution < -0.4 is 5.56 Å². The van der Waals surface area contributed by atoms with Crippen LogP contribution in [0.15, 0.2) is 46.3 Å². The molecule has 0 saturated heterocycles. The van der Waals surface area contributed by atoms with Gasteiger partial charge < -0.3 is 4.90 Å². The Morgan fingerprint density at radius 2 is 2.00 bits per heavy atom. The zero-order valence-corrected chi connectivity index (χ0v) is 16.1. The number of carbonyl (C=O) groups is 1. The van der Waals surface area contributed by atoms with E-state index in [4.69, 9.17) is 5.26 Å². The van der Waals surface area contributed by atoms with Crippen LogP contribution in [-0.2, 0) is 11.3 Å². The molecule has 0 atom stereocenters. The van der Waals surface area contributed by atoms with Gasteiger partial charge in [0.25, 0.3) is 5.56 Å². The largest absolute Gasteiger partial charge is 0.344 e. The van der Waals surface area contributed by atoms with Gasteiger partial charge in [-0.25, -0.2) is 4.98 Å². The fraction of sp³-hybridized carbons (Fsp3) is 0.300. The Labute approximate surface area is 161 Å². The fourth-order valence-electron chi connectivity index (χ4n) is 2.86. The van der Waals surface area contributed by atoms with Crippen molar-refractivity contribution < 1.29 is 4.79 Å². The number of fused-ring (bicyclic) bond motifs is 2. The summed E-state index contributed by atoms with van der Waals surface area (Å²) < 4.78 is 1.60. The molecule has 0 aliphatic carbocycles. The van der Waals surface area contributed by atoms with Gasteiger partial charge in [0.1, 0.15) is 0 Å². The van der Waals surface area contributed by atoms with Gasteiger partial charge >= 0.3 is 0 Å². The number of rotatable bonds is 6. The molecule has 27 heavy (non-hydrogen) atoms. The van der Waals surface area contributed by atoms with Crippen molar-refractivity contribution in [2.24, 2.45) is 0 Å². The zero-order valence-electron chi connectivity index (χ0n) is 15.3. The number of hydrogen-bond donors (Lipinski definition) is 0. The summed E-state index contributed by atoms with van der Waals surface area (Å²) in [6.07, 6.45) is 0.299. The summed E-state index contributed by atoms with van der Waals surface area (Å²) in [5, 5.41) is 11.8. The van der Waals surface area contributed by atoms with Crippen LogP contribution in [0.3, 0.4) is 0 Å². The molecule has 6 nitrogen and oxygen atoms in total. The summed E-state index contributed by atoms with van der Waals surface area (Å²) in [6, 6.07) is 13.7. The van der Waals surface area contributed by atoms with Gasteiger partial charge in [-0.15, -0.1) is 0 Å². The highest BCUT2D eigenvalue weighted by atomic mass is 32.2. The van der Waals surface area contributed by atoms with Crippen LogP contribution in [0, 0.1) is 11.3 Å². The van der Waals surface area contributed by atoms with Crippen molar-refractivity contribution in [1.82, 2.24) is 14.5 Å².